The number of hydrogen-bond acceptors (Lipinski definition) is 7. The number of esters is 1. The Bertz CT molecular complexity index is 1010. The Balaban J connectivity index is 1.97. The van der Waals surface area contributed by atoms with Crippen LogP contribution < -0.4 is 5.43 Å². The summed E-state index contributed by atoms with van der Waals surface area (Å²) in [6, 6.07) is 12.7. The van der Waals surface area contributed by atoms with Gasteiger partial charge in [0.2, 0.25) is 11.2 Å². The summed E-state index contributed by atoms with van der Waals surface area (Å²) in [6.45, 7) is 0. The smallest absolute Gasteiger partial charge is 0.306 e. The summed E-state index contributed by atoms with van der Waals surface area (Å²) in [7, 11) is 3.00. The second-order valence-corrected chi connectivity index (χ2v) is 7.15. The number of ether oxygens (including phenoxy) is 1. The van der Waals surface area contributed by atoms with E-state index in [1.807, 2.05) is 30.3 Å². The lowest BCUT2D eigenvalue weighted by molar-refractivity contribution is -0.141. The zero-order chi connectivity index (χ0) is 20.1. The Morgan fingerprint density at radius 3 is 2.71 bits per heavy atom. The van der Waals surface area contributed by atoms with Crippen LogP contribution in [-0.4, -0.2) is 28.0 Å². The SMILES string of the molecule is COC(=O)CC(c1oc(CSc2ccccc2)cc(=O)c1O)c1ccnn1C. The van der Waals surface area contributed by atoms with Gasteiger partial charge in [-0.05, 0) is 18.2 Å². The van der Waals surface area contributed by atoms with E-state index in [0.717, 1.165) is 4.90 Å². The van der Waals surface area contributed by atoms with E-state index in [-0.39, 0.29) is 12.2 Å². The first kappa shape index (κ1) is 19.8. The van der Waals surface area contributed by atoms with E-state index < -0.39 is 23.1 Å². The predicted molar refractivity (Wildman–Crippen MR) is 104 cm³/mol. The first-order chi connectivity index (χ1) is 13.5. The quantitative estimate of drug-likeness (QED) is 0.481. The van der Waals surface area contributed by atoms with E-state index in [1.165, 1.54) is 24.9 Å². The van der Waals surface area contributed by atoms with Crippen LogP contribution in [0.4, 0.5) is 0 Å². The van der Waals surface area contributed by atoms with Gasteiger partial charge in [-0.1, -0.05) is 18.2 Å². The molecule has 146 valence electrons. The largest absolute Gasteiger partial charge is 0.502 e. The summed E-state index contributed by atoms with van der Waals surface area (Å²) in [4.78, 5) is 25.3. The van der Waals surface area contributed by atoms with Crippen molar-refractivity contribution in [2.24, 2.45) is 7.05 Å². The van der Waals surface area contributed by atoms with E-state index in [0.29, 0.717) is 17.2 Å². The van der Waals surface area contributed by atoms with E-state index in [2.05, 4.69) is 5.10 Å². The van der Waals surface area contributed by atoms with E-state index in [9.17, 15) is 14.7 Å². The molecule has 2 heterocycles. The lowest BCUT2D eigenvalue weighted by Gasteiger charge is -2.17. The fraction of sp³-hybridized carbons (Fsp3) is 0.250. The van der Waals surface area contributed by atoms with Crippen molar-refractivity contribution in [1.29, 1.82) is 0 Å². The minimum Gasteiger partial charge on any atom is -0.502 e. The molecule has 0 aliphatic carbocycles. The molecule has 3 aromatic rings. The second kappa shape index (κ2) is 8.79. The Hall–Kier alpha value is -3.00. The van der Waals surface area contributed by atoms with Crippen LogP contribution in [0.2, 0.25) is 0 Å². The molecule has 0 bridgehead atoms. The maximum Gasteiger partial charge on any atom is 0.306 e. The Morgan fingerprint density at radius 1 is 1.32 bits per heavy atom. The Kier molecular flexibility index (Phi) is 6.20. The molecule has 8 heteroatoms. The summed E-state index contributed by atoms with van der Waals surface area (Å²) in [5.74, 6) is -0.855. The van der Waals surface area contributed by atoms with Gasteiger partial charge in [-0.25, -0.2) is 0 Å². The standard InChI is InChI=1S/C20H20N2O5S/c1-22-16(8-9-21-22)15(11-18(24)26-2)20-19(25)17(23)10-13(27-20)12-28-14-6-4-3-5-7-14/h3-10,15,25H,11-12H2,1-2H3. The lowest BCUT2D eigenvalue weighted by atomic mass is 9.97. The molecule has 1 N–H and O–H groups in total. The van der Waals surface area contributed by atoms with Crippen molar-refractivity contribution in [2.45, 2.75) is 23.0 Å². The number of methoxy groups -OCH3 is 1. The summed E-state index contributed by atoms with van der Waals surface area (Å²) in [5, 5.41) is 14.5. The van der Waals surface area contributed by atoms with Gasteiger partial charge in [0.25, 0.3) is 0 Å². The zero-order valence-electron chi connectivity index (χ0n) is 15.5. The molecule has 1 aromatic carbocycles. The lowest BCUT2D eigenvalue weighted by Crippen LogP contribution is -2.16. The van der Waals surface area contributed by atoms with Crippen molar-refractivity contribution in [2.75, 3.05) is 7.11 Å². The first-order valence-electron chi connectivity index (χ1n) is 8.58. The van der Waals surface area contributed by atoms with Gasteiger partial charge < -0.3 is 14.3 Å². The molecule has 1 atom stereocenters. The number of benzene rings is 1. The summed E-state index contributed by atoms with van der Waals surface area (Å²) in [6.07, 6.45) is 1.48. The molecule has 0 amide bonds. The molecular weight excluding hydrogens is 380 g/mol. The third-order valence-corrected chi connectivity index (χ3v) is 5.29. The van der Waals surface area contributed by atoms with Gasteiger partial charge in [0.05, 0.1) is 25.2 Å². The fourth-order valence-corrected chi connectivity index (χ4v) is 3.64. The van der Waals surface area contributed by atoms with Gasteiger partial charge >= 0.3 is 5.97 Å². The maximum absolute atomic E-state index is 12.3. The molecule has 3 rings (SSSR count). The number of nitrogens with zero attached hydrogens (tertiary/aromatic N) is 2. The molecule has 0 fully saturated rings. The van der Waals surface area contributed by atoms with E-state index in [4.69, 9.17) is 9.15 Å². The topological polar surface area (TPSA) is 94.6 Å². The van der Waals surface area contributed by atoms with Crippen LogP contribution in [0, 0.1) is 0 Å². The Morgan fingerprint density at radius 2 is 2.07 bits per heavy atom. The molecule has 2 aromatic heterocycles. The number of aromatic hydroxyl groups is 1. The van der Waals surface area contributed by atoms with Gasteiger partial charge in [0, 0.05) is 29.9 Å². The molecule has 0 saturated heterocycles. The molecule has 0 spiro atoms. The average Bonchev–Trinajstić information content (AvgIpc) is 3.13. The predicted octanol–water partition coefficient (Wildman–Crippen LogP) is 3.07. The molecule has 7 nitrogen and oxygen atoms in total. The molecular formula is C20H20N2O5S. The van der Waals surface area contributed by atoms with Crippen molar-refractivity contribution in [1.82, 2.24) is 9.78 Å². The molecule has 0 aliphatic heterocycles. The fourth-order valence-electron chi connectivity index (χ4n) is 2.84. The molecule has 28 heavy (non-hydrogen) atoms. The zero-order valence-corrected chi connectivity index (χ0v) is 16.3. The summed E-state index contributed by atoms with van der Waals surface area (Å²) in [5.41, 5.74) is 0.0682. The van der Waals surface area contributed by atoms with Crippen LogP contribution in [-0.2, 0) is 22.3 Å². The molecule has 1 unspecified atom stereocenters. The third kappa shape index (κ3) is 4.45. The maximum atomic E-state index is 12.3. The number of carbonyl (C=O) groups is 1. The van der Waals surface area contributed by atoms with Crippen LogP contribution in [0.25, 0.3) is 0 Å². The number of hydrogen-bond donors (Lipinski definition) is 1. The highest BCUT2D eigenvalue weighted by Crippen LogP contribution is 2.34. The molecule has 0 saturated carbocycles. The van der Waals surface area contributed by atoms with Crippen LogP contribution in [0.1, 0.15) is 29.6 Å². The van der Waals surface area contributed by atoms with Gasteiger partial charge in [-0.2, -0.15) is 5.10 Å². The summed E-state index contributed by atoms with van der Waals surface area (Å²) >= 11 is 1.50. The molecule has 0 aliphatic rings. The van der Waals surface area contributed by atoms with E-state index >= 15 is 0 Å². The number of thioether (sulfide) groups is 1. The number of rotatable bonds is 7. The summed E-state index contributed by atoms with van der Waals surface area (Å²) < 4.78 is 12.2. The first-order valence-corrected chi connectivity index (χ1v) is 9.56. The van der Waals surface area contributed by atoms with E-state index in [1.54, 1.807) is 24.0 Å². The van der Waals surface area contributed by atoms with Gasteiger partial charge in [-0.3, -0.25) is 14.3 Å². The molecule has 0 radical (unpaired) electrons. The van der Waals surface area contributed by atoms with Gasteiger partial charge in [0.1, 0.15) is 5.76 Å². The minimum atomic E-state index is -0.700. The highest BCUT2D eigenvalue weighted by atomic mass is 32.2. The van der Waals surface area contributed by atoms with Crippen LogP contribution in [0.5, 0.6) is 5.75 Å². The number of aromatic nitrogens is 2. The van der Waals surface area contributed by atoms with Crippen LogP contribution in [0.15, 0.2) is 62.8 Å². The number of carbonyl (C=O) groups excluding carboxylic acids is 1. The minimum absolute atomic E-state index is 0.0326. The second-order valence-electron chi connectivity index (χ2n) is 6.10. The average molecular weight is 400 g/mol. The third-order valence-electron chi connectivity index (χ3n) is 4.26. The van der Waals surface area contributed by atoms with Crippen molar-refractivity contribution in [3.05, 3.63) is 76.1 Å². The highest BCUT2D eigenvalue weighted by Gasteiger charge is 2.28. The normalized spacial score (nSPS) is 11.9. The monoisotopic (exact) mass is 400 g/mol. The highest BCUT2D eigenvalue weighted by molar-refractivity contribution is 7.98. The van der Waals surface area contributed by atoms with Crippen LogP contribution >= 0.6 is 11.8 Å². The Labute approximate surface area is 166 Å². The number of aryl methyl sites for hydroxylation is 1. The van der Waals surface area contributed by atoms with Gasteiger partial charge in [0.15, 0.2) is 5.76 Å². The van der Waals surface area contributed by atoms with Crippen molar-refractivity contribution >= 4 is 17.7 Å². The van der Waals surface area contributed by atoms with Crippen LogP contribution in [0.3, 0.4) is 0 Å². The van der Waals surface area contributed by atoms with Crippen molar-refractivity contribution in [3.8, 4) is 5.75 Å². The van der Waals surface area contributed by atoms with Crippen molar-refractivity contribution < 1.29 is 19.1 Å². The van der Waals surface area contributed by atoms with Gasteiger partial charge in [-0.15, -0.1) is 11.8 Å². The van der Waals surface area contributed by atoms with Crippen molar-refractivity contribution in [3.63, 3.8) is 0 Å².